The van der Waals surface area contributed by atoms with Crippen LogP contribution in [0, 0.1) is 0 Å². The minimum Gasteiger partial charge on any atom is -0.492 e. The Labute approximate surface area is 190 Å². The van der Waals surface area contributed by atoms with Crippen molar-refractivity contribution >= 4 is 23.6 Å². The average molecular weight is 451 g/mol. The summed E-state index contributed by atoms with van der Waals surface area (Å²) in [4.78, 5) is 24.6. The first kappa shape index (κ1) is 25.1. The van der Waals surface area contributed by atoms with E-state index in [1.807, 2.05) is 6.07 Å². The Balaban J connectivity index is 2.01. The number of esters is 1. The molecule has 0 aliphatic carbocycles. The van der Waals surface area contributed by atoms with Crippen LogP contribution < -0.4 is 15.4 Å². The van der Waals surface area contributed by atoms with Gasteiger partial charge in [-0.15, -0.1) is 0 Å². The van der Waals surface area contributed by atoms with Crippen LogP contribution >= 0.6 is 11.6 Å². The second kappa shape index (κ2) is 12.6. The van der Waals surface area contributed by atoms with E-state index in [1.54, 1.807) is 32.9 Å². The smallest absolute Gasteiger partial charge is 0.338 e. The summed E-state index contributed by atoms with van der Waals surface area (Å²) in [6.07, 6.45) is 8.24. The largest absolute Gasteiger partial charge is 0.492 e. The minimum absolute atomic E-state index is 0.267. The second-order valence-electron chi connectivity index (χ2n) is 8.18. The number of carbonyl (C=O) groups is 2. The number of carbonyl (C=O) groups excluding carboxylic acids is 2. The van der Waals surface area contributed by atoms with Gasteiger partial charge in [-0.05, 0) is 44.9 Å². The van der Waals surface area contributed by atoms with Crippen molar-refractivity contribution in [3.63, 3.8) is 0 Å². The summed E-state index contributed by atoms with van der Waals surface area (Å²) in [6.45, 7) is 8.08. The van der Waals surface area contributed by atoms with Crippen molar-refractivity contribution in [2.75, 3.05) is 6.61 Å². The quantitative estimate of drug-likeness (QED) is 0.300. The zero-order valence-corrected chi connectivity index (χ0v) is 19.8. The van der Waals surface area contributed by atoms with E-state index in [4.69, 9.17) is 21.1 Å². The number of amides is 2. The van der Waals surface area contributed by atoms with Crippen LogP contribution in [-0.2, 0) is 9.53 Å². The fourth-order valence-electron chi connectivity index (χ4n) is 3.55. The van der Waals surface area contributed by atoms with Gasteiger partial charge in [-0.1, -0.05) is 63.1 Å². The Bertz CT molecular complexity index is 792. The lowest BCUT2D eigenvalue weighted by Crippen LogP contribution is -2.45. The van der Waals surface area contributed by atoms with Crippen LogP contribution in [0.25, 0.3) is 0 Å². The Kier molecular flexibility index (Phi) is 10.2. The molecule has 1 aromatic rings. The van der Waals surface area contributed by atoms with E-state index in [9.17, 15) is 9.59 Å². The first-order chi connectivity index (χ1) is 14.8. The number of allylic oxidation sites excluding steroid dienone is 1. The molecule has 6 nitrogen and oxygen atoms in total. The molecule has 1 heterocycles. The molecule has 0 aromatic heterocycles. The van der Waals surface area contributed by atoms with Gasteiger partial charge in [0.15, 0.2) is 0 Å². The van der Waals surface area contributed by atoms with Gasteiger partial charge in [0.25, 0.3) is 0 Å². The Morgan fingerprint density at radius 2 is 1.81 bits per heavy atom. The van der Waals surface area contributed by atoms with E-state index in [-0.39, 0.29) is 12.1 Å². The molecule has 0 fully saturated rings. The predicted molar refractivity (Wildman–Crippen MR) is 123 cm³/mol. The van der Waals surface area contributed by atoms with Crippen molar-refractivity contribution in [1.29, 1.82) is 0 Å². The molecule has 0 saturated carbocycles. The van der Waals surface area contributed by atoms with Crippen LogP contribution in [0.5, 0.6) is 5.75 Å². The molecule has 0 radical (unpaired) electrons. The maximum Gasteiger partial charge on any atom is 0.338 e. The number of hydrogen-bond donors (Lipinski definition) is 2. The van der Waals surface area contributed by atoms with Gasteiger partial charge in [-0.2, -0.15) is 0 Å². The Hall–Kier alpha value is -2.21. The van der Waals surface area contributed by atoms with E-state index in [0.717, 1.165) is 12.8 Å². The summed E-state index contributed by atoms with van der Waals surface area (Å²) in [5, 5.41) is 5.87. The van der Waals surface area contributed by atoms with Crippen molar-refractivity contribution in [3.8, 4) is 5.75 Å². The highest BCUT2D eigenvalue weighted by atomic mass is 35.5. The standard InChI is InChI=1S/C24H35ClN2O4/c1-5-6-7-8-9-10-11-14-30-20-13-12-18(15-19(20)25)22-21(23(28)31-16(2)3)17(4)26-24(29)27-22/h12-13,15-16,22H,5-11,14H2,1-4H3,(H2,26,27,29). The number of hydrogen-bond acceptors (Lipinski definition) is 4. The molecule has 2 N–H and O–H groups in total. The molecule has 0 bridgehead atoms. The van der Waals surface area contributed by atoms with Gasteiger partial charge in [0.2, 0.25) is 0 Å². The average Bonchev–Trinajstić information content (AvgIpc) is 2.69. The van der Waals surface area contributed by atoms with Crippen LogP contribution in [0.1, 0.15) is 84.2 Å². The number of urea groups is 1. The summed E-state index contributed by atoms with van der Waals surface area (Å²) >= 11 is 6.44. The first-order valence-corrected chi connectivity index (χ1v) is 11.6. The summed E-state index contributed by atoms with van der Waals surface area (Å²) in [5.74, 6) is 0.129. The van der Waals surface area contributed by atoms with Gasteiger partial charge in [-0.25, -0.2) is 9.59 Å². The molecule has 0 saturated heterocycles. The highest BCUT2D eigenvalue weighted by molar-refractivity contribution is 6.32. The molecule has 2 rings (SSSR count). The van der Waals surface area contributed by atoms with Gasteiger partial charge in [0.05, 0.1) is 29.3 Å². The summed E-state index contributed by atoms with van der Waals surface area (Å²) in [6, 6.07) is 4.31. The zero-order valence-electron chi connectivity index (χ0n) is 19.1. The molecular weight excluding hydrogens is 416 g/mol. The highest BCUT2D eigenvalue weighted by Crippen LogP contribution is 2.33. The van der Waals surface area contributed by atoms with Gasteiger partial charge in [-0.3, -0.25) is 0 Å². The molecule has 1 unspecified atom stereocenters. The van der Waals surface area contributed by atoms with E-state index in [2.05, 4.69) is 17.6 Å². The van der Waals surface area contributed by atoms with Crippen LogP contribution in [0.2, 0.25) is 5.02 Å². The van der Waals surface area contributed by atoms with Crippen molar-refractivity contribution in [2.45, 2.75) is 84.8 Å². The van der Waals surface area contributed by atoms with Crippen LogP contribution in [-0.4, -0.2) is 24.7 Å². The predicted octanol–water partition coefficient (Wildman–Crippen LogP) is 6.05. The number of rotatable bonds is 12. The van der Waals surface area contributed by atoms with E-state index >= 15 is 0 Å². The molecule has 1 aliphatic rings. The molecule has 1 aromatic carbocycles. The fourth-order valence-corrected chi connectivity index (χ4v) is 3.79. The molecular formula is C24H35ClN2O4. The molecule has 1 aliphatic heterocycles. The number of halogens is 1. The van der Waals surface area contributed by atoms with E-state index in [0.29, 0.717) is 34.2 Å². The second-order valence-corrected chi connectivity index (χ2v) is 8.59. The molecule has 2 amide bonds. The maximum absolute atomic E-state index is 12.6. The minimum atomic E-state index is -0.644. The fraction of sp³-hybridized carbons (Fsp3) is 0.583. The topological polar surface area (TPSA) is 76.7 Å². The van der Waals surface area contributed by atoms with Crippen LogP contribution in [0.4, 0.5) is 4.79 Å². The van der Waals surface area contributed by atoms with Gasteiger partial charge >= 0.3 is 12.0 Å². The molecule has 0 spiro atoms. The lowest BCUT2D eigenvalue weighted by molar-refractivity contribution is -0.143. The summed E-state index contributed by atoms with van der Waals surface area (Å²) in [7, 11) is 0. The third-order valence-corrected chi connectivity index (χ3v) is 5.42. The van der Waals surface area contributed by atoms with Crippen molar-refractivity contribution in [2.24, 2.45) is 0 Å². The Morgan fingerprint density at radius 3 is 2.45 bits per heavy atom. The number of unbranched alkanes of at least 4 members (excludes halogenated alkanes) is 6. The lowest BCUT2D eigenvalue weighted by atomic mass is 9.95. The number of nitrogens with one attached hydrogen (secondary N) is 2. The normalized spacial score (nSPS) is 16.2. The van der Waals surface area contributed by atoms with Crippen LogP contribution in [0.15, 0.2) is 29.5 Å². The van der Waals surface area contributed by atoms with Crippen molar-refractivity contribution < 1.29 is 19.1 Å². The molecule has 31 heavy (non-hydrogen) atoms. The highest BCUT2D eigenvalue weighted by Gasteiger charge is 2.33. The van der Waals surface area contributed by atoms with Gasteiger partial charge in [0.1, 0.15) is 5.75 Å². The zero-order chi connectivity index (χ0) is 22.8. The molecule has 172 valence electrons. The Morgan fingerprint density at radius 1 is 1.13 bits per heavy atom. The summed E-state index contributed by atoms with van der Waals surface area (Å²) < 4.78 is 11.2. The third-order valence-electron chi connectivity index (χ3n) is 5.13. The lowest BCUT2D eigenvalue weighted by Gasteiger charge is -2.28. The first-order valence-electron chi connectivity index (χ1n) is 11.2. The van der Waals surface area contributed by atoms with Crippen LogP contribution in [0.3, 0.4) is 0 Å². The SMILES string of the molecule is CCCCCCCCCOc1ccc(C2NC(=O)NC(C)=C2C(=O)OC(C)C)cc1Cl. The number of ether oxygens (including phenoxy) is 2. The van der Waals surface area contributed by atoms with E-state index < -0.39 is 12.0 Å². The van der Waals surface area contributed by atoms with Gasteiger partial charge < -0.3 is 20.1 Å². The maximum atomic E-state index is 12.6. The monoisotopic (exact) mass is 450 g/mol. The third kappa shape index (κ3) is 7.76. The van der Waals surface area contributed by atoms with E-state index in [1.165, 1.54) is 32.1 Å². The molecule has 7 heteroatoms. The van der Waals surface area contributed by atoms with Gasteiger partial charge in [0, 0.05) is 5.70 Å². The van der Waals surface area contributed by atoms with Crippen molar-refractivity contribution in [1.82, 2.24) is 10.6 Å². The molecule has 1 atom stereocenters. The number of benzene rings is 1. The van der Waals surface area contributed by atoms with Crippen molar-refractivity contribution in [3.05, 3.63) is 40.1 Å². The summed E-state index contributed by atoms with van der Waals surface area (Å²) in [5.41, 5.74) is 1.52.